The van der Waals surface area contributed by atoms with Gasteiger partial charge < -0.3 is 8.98 Å². The molecule has 0 unspecified atom stereocenters. The Labute approximate surface area is 322 Å². The highest BCUT2D eigenvalue weighted by Gasteiger charge is 2.20. The van der Waals surface area contributed by atoms with Crippen molar-refractivity contribution in [3.63, 3.8) is 0 Å². The summed E-state index contributed by atoms with van der Waals surface area (Å²) in [5.41, 5.74) is 12.5. The molecule has 0 spiro atoms. The summed E-state index contributed by atoms with van der Waals surface area (Å²) in [6.07, 6.45) is 0. The molecule has 11 rings (SSSR count). The van der Waals surface area contributed by atoms with Crippen molar-refractivity contribution in [3.05, 3.63) is 194 Å². The molecule has 0 amide bonds. The van der Waals surface area contributed by atoms with Crippen molar-refractivity contribution < 1.29 is 4.42 Å². The zero-order valence-corrected chi connectivity index (χ0v) is 30.2. The van der Waals surface area contributed by atoms with E-state index in [1.165, 1.54) is 11.1 Å². The summed E-state index contributed by atoms with van der Waals surface area (Å²) in [7, 11) is 0. The molecule has 0 aliphatic heterocycles. The molecule has 3 aromatic heterocycles. The fourth-order valence-corrected chi connectivity index (χ4v) is 7.97. The topological polar surface area (TPSA) is 56.7 Å². The number of fused-ring (bicyclic) bond motifs is 6. The second-order valence-electron chi connectivity index (χ2n) is 14.0. The second kappa shape index (κ2) is 13.0. The van der Waals surface area contributed by atoms with Gasteiger partial charge in [0.25, 0.3) is 0 Å². The minimum absolute atomic E-state index is 0.628. The summed E-state index contributed by atoms with van der Waals surface area (Å²) < 4.78 is 8.89. The molecule has 5 nitrogen and oxygen atoms in total. The highest BCUT2D eigenvalue weighted by molar-refractivity contribution is 6.15. The summed E-state index contributed by atoms with van der Waals surface area (Å²) in [6, 6.07) is 67.5. The molecular weight excluding hydrogens is 685 g/mol. The largest absolute Gasteiger partial charge is 0.456 e. The van der Waals surface area contributed by atoms with E-state index >= 15 is 0 Å². The van der Waals surface area contributed by atoms with Crippen molar-refractivity contribution in [2.45, 2.75) is 0 Å². The molecule has 8 aromatic carbocycles. The van der Waals surface area contributed by atoms with Gasteiger partial charge in [0.2, 0.25) is 0 Å². The molecule has 262 valence electrons. The minimum atomic E-state index is 0.628. The van der Waals surface area contributed by atoms with Crippen LogP contribution in [0.3, 0.4) is 0 Å². The summed E-state index contributed by atoms with van der Waals surface area (Å²) in [4.78, 5) is 15.0. The van der Waals surface area contributed by atoms with Crippen molar-refractivity contribution in [3.8, 4) is 62.1 Å². The molecule has 0 bridgehead atoms. The van der Waals surface area contributed by atoms with E-state index in [-0.39, 0.29) is 0 Å². The Morgan fingerprint density at radius 3 is 1.50 bits per heavy atom. The Bertz CT molecular complexity index is 3160. The van der Waals surface area contributed by atoms with Crippen LogP contribution in [0.2, 0.25) is 0 Å². The zero-order chi connectivity index (χ0) is 37.0. The van der Waals surface area contributed by atoms with Gasteiger partial charge in [0.1, 0.15) is 11.2 Å². The first-order valence-electron chi connectivity index (χ1n) is 18.8. The molecule has 0 atom stereocenters. The Morgan fingerprint density at radius 1 is 0.321 bits per heavy atom. The number of aromatic nitrogens is 4. The van der Waals surface area contributed by atoms with Crippen LogP contribution in [0, 0.1) is 0 Å². The molecule has 0 aliphatic rings. The highest BCUT2D eigenvalue weighted by Crippen LogP contribution is 2.41. The highest BCUT2D eigenvalue weighted by atomic mass is 16.3. The predicted molar refractivity (Wildman–Crippen MR) is 229 cm³/mol. The lowest BCUT2D eigenvalue weighted by atomic mass is 9.99. The molecule has 3 heterocycles. The van der Waals surface area contributed by atoms with Crippen LogP contribution >= 0.6 is 0 Å². The van der Waals surface area contributed by atoms with Crippen molar-refractivity contribution in [2.75, 3.05) is 0 Å². The Hall–Kier alpha value is -7.63. The predicted octanol–water partition coefficient (Wildman–Crippen LogP) is 13.2. The van der Waals surface area contributed by atoms with E-state index in [1.54, 1.807) is 0 Å². The van der Waals surface area contributed by atoms with Crippen LogP contribution in [-0.2, 0) is 0 Å². The minimum Gasteiger partial charge on any atom is -0.456 e. The fourth-order valence-electron chi connectivity index (χ4n) is 7.97. The standard InChI is InChI=1S/C51H32N4O/c1-4-13-33(14-5-1)34-23-25-35(26-24-34)38-28-30-46-42(31-38)48-45(21-12-22-47(48)56-46)55-43-20-11-10-19-40(43)41-32-39(27-29-44(41)55)51-53-49(36-15-6-2-7-16-36)52-50(54-51)37-17-8-3-9-18-37/h1-32H. The molecule has 0 saturated carbocycles. The SMILES string of the molecule is c1ccc(-c2ccc(-c3ccc4oc5cccc(-n6c7ccccc7c7cc(-c8nc(-c9ccccc9)nc(-c9ccccc9)n8)ccc76)c5c4c3)cc2)cc1. The molecular formula is C51H32N4O. The first-order chi connectivity index (χ1) is 27.7. The molecule has 0 radical (unpaired) electrons. The van der Waals surface area contributed by atoms with Gasteiger partial charge in [0, 0.05) is 32.8 Å². The van der Waals surface area contributed by atoms with Crippen LogP contribution in [0.1, 0.15) is 0 Å². The zero-order valence-electron chi connectivity index (χ0n) is 30.2. The lowest BCUT2D eigenvalue weighted by Gasteiger charge is -2.11. The van der Waals surface area contributed by atoms with Crippen molar-refractivity contribution >= 4 is 43.7 Å². The van der Waals surface area contributed by atoms with Crippen LogP contribution in [-0.4, -0.2) is 19.5 Å². The second-order valence-corrected chi connectivity index (χ2v) is 14.0. The van der Waals surface area contributed by atoms with E-state index in [2.05, 4.69) is 132 Å². The van der Waals surface area contributed by atoms with Crippen LogP contribution in [0.5, 0.6) is 0 Å². The maximum Gasteiger partial charge on any atom is 0.164 e. The molecule has 56 heavy (non-hydrogen) atoms. The first-order valence-corrected chi connectivity index (χ1v) is 18.8. The molecule has 0 fully saturated rings. The van der Waals surface area contributed by atoms with Crippen LogP contribution in [0.4, 0.5) is 0 Å². The number of hydrogen-bond donors (Lipinski definition) is 0. The van der Waals surface area contributed by atoms with Gasteiger partial charge in [-0.1, -0.05) is 146 Å². The number of benzene rings is 8. The van der Waals surface area contributed by atoms with Gasteiger partial charge >= 0.3 is 0 Å². The monoisotopic (exact) mass is 716 g/mol. The summed E-state index contributed by atoms with van der Waals surface area (Å²) in [5, 5.41) is 4.42. The Morgan fingerprint density at radius 2 is 0.821 bits per heavy atom. The summed E-state index contributed by atoms with van der Waals surface area (Å²) in [5.74, 6) is 1.91. The van der Waals surface area contributed by atoms with Crippen LogP contribution in [0.15, 0.2) is 199 Å². The average molecular weight is 717 g/mol. The maximum absolute atomic E-state index is 6.52. The number of hydrogen-bond acceptors (Lipinski definition) is 4. The molecule has 0 aliphatic carbocycles. The lowest BCUT2D eigenvalue weighted by Crippen LogP contribution is -2.00. The third kappa shape index (κ3) is 5.37. The van der Waals surface area contributed by atoms with Crippen molar-refractivity contribution in [1.82, 2.24) is 19.5 Å². The number of furan rings is 1. The maximum atomic E-state index is 6.52. The van der Waals surface area contributed by atoms with Crippen molar-refractivity contribution in [1.29, 1.82) is 0 Å². The van der Waals surface area contributed by atoms with Gasteiger partial charge in [-0.25, -0.2) is 15.0 Å². The van der Waals surface area contributed by atoms with Gasteiger partial charge in [-0.2, -0.15) is 0 Å². The summed E-state index contributed by atoms with van der Waals surface area (Å²) in [6.45, 7) is 0. The van der Waals surface area contributed by atoms with Gasteiger partial charge in [-0.15, -0.1) is 0 Å². The quantitative estimate of drug-likeness (QED) is 0.172. The normalized spacial score (nSPS) is 11.6. The third-order valence-electron chi connectivity index (χ3n) is 10.7. The van der Waals surface area contributed by atoms with Gasteiger partial charge in [0.15, 0.2) is 17.5 Å². The van der Waals surface area contributed by atoms with Gasteiger partial charge in [0.05, 0.1) is 22.1 Å². The average Bonchev–Trinajstić information content (AvgIpc) is 3.82. The molecule has 5 heteroatoms. The lowest BCUT2D eigenvalue weighted by molar-refractivity contribution is 0.669. The molecule has 11 aromatic rings. The number of para-hydroxylation sites is 1. The van der Waals surface area contributed by atoms with Gasteiger partial charge in [-0.3, -0.25) is 0 Å². The number of rotatable bonds is 6. The van der Waals surface area contributed by atoms with E-state index in [0.29, 0.717) is 17.5 Å². The molecule has 0 N–H and O–H groups in total. The first kappa shape index (κ1) is 31.9. The fraction of sp³-hybridized carbons (Fsp3) is 0. The van der Waals surface area contributed by atoms with Crippen LogP contribution in [0.25, 0.3) is 106 Å². The van der Waals surface area contributed by atoms with E-state index in [4.69, 9.17) is 19.4 Å². The Kier molecular flexibility index (Phi) is 7.42. The smallest absolute Gasteiger partial charge is 0.164 e. The van der Waals surface area contributed by atoms with Gasteiger partial charge in [-0.05, 0) is 70.8 Å². The van der Waals surface area contributed by atoms with E-state index in [9.17, 15) is 0 Å². The Balaban J connectivity index is 1.07. The third-order valence-corrected chi connectivity index (χ3v) is 10.7. The van der Waals surface area contributed by atoms with Crippen LogP contribution < -0.4 is 0 Å². The summed E-state index contributed by atoms with van der Waals surface area (Å²) >= 11 is 0. The van der Waals surface area contributed by atoms with E-state index in [0.717, 1.165) is 77.2 Å². The van der Waals surface area contributed by atoms with Crippen molar-refractivity contribution in [2.24, 2.45) is 0 Å². The molecule has 0 saturated heterocycles. The van der Waals surface area contributed by atoms with E-state index in [1.807, 2.05) is 66.7 Å². The number of nitrogens with zero attached hydrogens (tertiary/aromatic N) is 4. The van der Waals surface area contributed by atoms with E-state index < -0.39 is 0 Å².